The van der Waals surface area contributed by atoms with Crippen LogP contribution in [0.2, 0.25) is 0 Å². The number of nitrogens with zero attached hydrogens (tertiary/aromatic N) is 2. The van der Waals surface area contributed by atoms with E-state index in [2.05, 4.69) is 10.4 Å². The molecule has 0 radical (unpaired) electrons. The van der Waals surface area contributed by atoms with E-state index in [1.807, 2.05) is 19.3 Å². The first kappa shape index (κ1) is 15.6. The van der Waals surface area contributed by atoms with Crippen molar-refractivity contribution < 1.29 is 13.2 Å². The van der Waals surface area contributed by atoms with Crippen LogP contribution in [0.3, 0.4) is 0 Å². The van der Waals surface area contributed by atoms with Gasteiger partial charge in [-0.3, -0.25) is 4.68 Å². The van der Waals surface area contributed by atoms with E-state index in [-0.39, 0.29) is 6.04 Å². The lowest BCUT2D eigenvalue weighted by molar-refractivity contribution is -0.137. The Morgan fingerprint density at radius 1 is 1.24 bits per heavy atom. The van der Waals surface area contributed by atoms with Crippen molar-refractivity contribution in [2.75, 3.05) is 7.05 Å². The van der Waals surface area contributed by atoms with E-state index >= 15 is 0 Å². The van der Waals surface area contributed by atoms with Gasteiger partial charge in [-0.1, -0.05) is 18.2 Å². The second-order valence-electron chi connectivity index (χ2n) is 5.07. The molecule has 0 spiro atoms. The third-order valence-corrected chi connectivity index (χ3v) is 3.37. The zero-order valence-electron chi connectivity index (χ0n) is 12.0. The molecule has 2 aromatic rings. The Hall–Kier alpha value is -1.82. The van der Waals surface area contributed by atoms with Gasteiger partial charge in [0.05, 0.1) is 11.3 Å². The lowest BCUT2D eigenvalue weighted by Crippen LogP contribution is -2.30. The van der Waals surface area contributed by atoms with Crippen LogP contribution in [-0.2, 0) is 26.1 Å². The molecule has 0 amide bonds. The van der Waals surface area contributed by atoms with Crippen molar-refractivity contribution in [2.45, 2.75) is 25.1 Å². The van der Waals surface area contributed by atoms with Gasteiger partial charge in [-0.2, -0.15) is 18.3 Å². The Kier molecular flexibility index (Phi) is 4.67. The van der Waals surface area contributed by atoms with Crippen LogP contribution in [0, 0.1) is 0 Å². The lowest BCUT2D eigenvalue weighted by atomic mass is 10.00. The van der Waals surface area contributed by atoms with Gasteiger partial charge in [-0.05, 0) is 31.2 Å². The minimum atomic E-state index is -4.30. The van der Waals surface area contributed by atoms with Crippen LogP contribution in [0.4, 0.5) is 13.2 Å². The Morgan fingerprint density at radius 2 is 2.00 bits per heavy atom. The van der Waals surface area contributed by atoms with Gasteiger partial charge in [0.2, 0.25) is 0 Å². The SMILES string of the molecule is CNC(Cc1cccc(C(F)(F)F)c1)Cc1ccn(C)n1. The van der Waals surface area contributed by atoms with Gasteiger partial charge in [0.1, 0.15) is 0 Å². The smallest absolute Gasteiger partial charge is 0.316 e. The molecule has 1 N–H and O–H groups in total. The number of halogens is 3. The number of hydrogen-bond acceptors (Lipinski definition) is 2. The van der Waals surface area contributed by atoms with Crippen LogP contribution < -0.4 is 5.32 Å². The maximum atomic E-state index is 12.7. The maximum absolute atomic E-state index is 12.7. The number of aromatic nitrogens is 2. The van der Waals surface area contributed by atoms with Crippen LogP contribution in [0.1, 0.15) is 16.8 Å². The molecule has 3 nitrogen and oxygen atoms in total. The average Bonchev–Trinajstić information content (AvgIpc) is 2.83. The van der Waals surface area contributed by atoms with Crippen molar-refractivity contribution in [1.29, 1.82) is 0 Å². The number of nitrogens with one attached hydrogen (secondary N) is 1. The van der Waals surface area contributed by atoms with Crippen molar-refractivity contribution in [3.05, 3.63) is 53.3 Å². The van der Waals surface area contributed by atoms with Crippen LogP contribution in [-0.4, -0.2) is 22.9 Å². The summed E-state index contributed by atoms with van der Waals surface area (Å²) < 4.78 is 39.8. The Bertz CT molecular complexity index is 590. The zero-order valence-corrected chi connectivity index (χ0v) is 12.0. The molecule has 114 valence electrons. The highest BCUT2D eigenvalue weighted by Crippen LogP contribution is 2.29. The van der Waals surface area contributed by atoms with Gasteiger partial charge >= 0.3 is 6.18 Å². The summed E-state index contributed by atoms with van der Waals surface area (Å²) in [6, 6.07) is 7.43. The molecule has 2 rings (SSSR count). The molecule has 1 atom stereocenters. The van der Waals surface area contributed by atoms with E-state index in [0.717, 1.165) is 11.8 Å². The number of hydrogen-bond donors (Lipinski definition) is 1. The highest BCUT2D eigenvalue weighted by molar-refractivity contribution is 5.26. The minimum Gasteiger partial charge on any atom is -0.316 e. The largest absolute Gasteiger partial charge is 0.416 e. The van der Waals surface area contributed by atoms with Crippen LogP contribution >= 0.6 is 0 Å². The predicted octanol–water partition coefficient (Wildman–Crippen LogP) is 2.81. The summed E-state index contributed by atoms with van der Waals surface area (Å²) in [5.41, 5.74) is 0.983. The summed E-state index contributed by atoms with van der Waals surface area (Å²) in [4.78, 5) is 0. The van der Waals surface area contributed by atoms with E-state index < -0.39 is 11.7 Å². The predicted molar refractivity (Wildman–Crippen MR) is 74.9 cm³/mol. The Morgan fingerprint density at radius 3 is 2.57 bits per heavy atom. The molecule has 0 aliphatic heterocycles. The first-order valence-corrected chi connectivity index (χ1v) is 6.70. The molecular formula is C15H18F3N3. The third-order valence-electron chi connectivity index (χ3n) is 3.37. The molecule has 21 heavy (non-hydrogen) atoms. The molecule has 6 heteroatoms. The molecule has 1 aromatic carbocycles. The second-order valence-corrected chi connectivity index (χ2v) is 5.07. The van der Waals surface area contributed by atoms with Crippen LogP contribution in [0.15, 0.2) is 36.5 Å². The fourth-order valence-corrected chi connectivity index (χ4v) is 2.26. The molecule has 0 saturated carbocycles. The van der Waals surface area contributed by atoms with E-state index in [0.29, 0.717) is 18.4 Å². The molecule has 0 aliphatic rings. The van der Waals surface area contributed by atoms with Crippen molar-refractivity contribution in [3.63, 3.8) is 0 Å². The molecule has 0 bridgehead atoms. The first-order valence-electron chi connectivity index (χ1n) is 6.70. The van der Waals surface area contributed by atoms with Crippen molar-refractivity contribution in [2.24, 2.45) is 7.05 Å². The van der Waals surface area contributed by atoms with Gasteiger partial charge in [-0.25, -0.2) is 0 Å². The van der Waals surface area contributed by atoms with Gasteiger partial charge in [-0.15, -0.1) is 0 Å². The molecule has 1 heterocycles. The lowest BCUT2D eigenvalue weighted by Gasteiger charge is -2.16. The molecule has 0 saturated heterocycles. The highest BCUT2D eigenvalue weighted by atomic mass is 19.4. The van der Waals surface area contributed by atoms with Gasteiger partial charge in [0.15, 0.2) is 0 Å². The van der Waals surface area contributed by atoms with Gasteiger partial charge in [0, 0.05) is 25.7 Å². The number of likely N-dealkylation sites (N-methyl/N-ethyl adjacent to an activating group) is 1. The van der Waals surface area contributed by atoms with Crippen molar-refractivity contribution in [3.8, 4) is 0 Å². The maximum Gasteiger partial charge on any atom is 0.416 e. The fourth-order valence-electron chi connectivity index (χ4n) is 2.26. The van der Waals surface area contributed by atoms with Gasteiger partial charge in [0.25, 0.3) is 0 Å². The van der Waals surface area contributed by atoms with Crippen LogP contribution in [0.25, 0.3) is 0 Å². The topological polar surface area (TPSA) is 29.9 Å². The molecule has 0 aliphatic carbocycles. The fraction of sp³-hybridized carbons (Fsp3) is 0.400. The minimum absolute atomic E-state index is 0.0448. The van der Waals surface area contributed by atoms with E-state index in [9.17, 15) is 13.2 Å². The Labute approximate surface area is 121 Å². The number of alkyl halides is 3. The summed E-state index contributed by atoms with van der Waals surface area (Å²) >= 11 is 0. The normalized spacial score (nSPS) is 13.4. The molecule has 1 aromatic heterocycles. The summed E-state index contributed by atoms with van der Waals surface area (Å²) in [5, 5.41) is 7.43. The summed E-state index contributed by atoms with van der Waals surface area (Å²) in [6.45, 7) is 0. The number of rotatable bonds is 5. The number of benzene rings is 1. The standard InChI is InChI=1S/C15H18F3N3/c1-19-14(10-13-6-7-21(2)20-13)9-11-4-3-5-12(8-11)15(16,17)18/h3-8,14,19H,9-10H2,1-2H3. The quantitative estimate of drug-likeness (QED) is 0.919. The zero-order chi connectivity index (χ0) is 15.5. The van der Waals surface area contributed by atoms with E-state index in [1.54, 1.807) is 17.8 Å². The second kappa shape index (κ2) is 6.30. The molecule has 1 unspecified atom stereocenters. The number of aryl methyl sites for hydroxylation is 1. The third kappa shape index (κ3) is 4.32. The summed E-state index contributed by atoms with van der Waals surface area (Å²) in [7, 11) is 3.64. The van der Waals surface area contributed by atoms with Crippen molar-refractivity contribution in [1.82, 2.24) is 15.1 Å². The molecule has 0 fully saturated rings. The Balaban J connectivity index is 2.08. The van der Waals surface area contributed by atoms with E-state index in [1.165, 1.54) is 12.1 Å². The summed E-state index contributed by atoms with van der Waals surface area (Å²) in [5.74, 6) is 0. The van der Waals surface area contributed by atoms with Gasteiger partial charge < -0.3 is 5.32 Å². The van der Waals surface area contributed by atoms with E-state index in [4.69, 9.17) is 0 Å². The van der Waals surface area contributed by atoms with Crippen molar-refractivity contribution >= 4 is 0 Å². The monoisotopic (exact) mass is 297 g/mol. The average molecular weight is 297 g/mol. The van der Waals surface area contributed by atoms with Crippen LogP contribution in [0.5, 0.6) is 0 Å². The highest BCUT2D eigenvalue weighted by Gasteiger charge is 2.30. The molecular weight excluding hydrogens is 279 g/mol. The first-order chi connectivity index (χ1) is 9.88. The summed E-state index contributed by atoms with van der Waals surface area (Å²) in [6.07, 6.45) is -1.25.